The van der Waals surface area contributed by atoms with Crippen LogP contribution in [-0.2, 0) is 6.54 Å². The summed E-state index contributed by atoms with van der Waals surface area (Å²) in [5.74, 6) is -0.272. The Morgan fingerprint density at radius 1 is 1.44 bits per heavy atom. The number of halogens is 2. The van der Waals surface area contributed by atoms with Gasteiger partial charge in [0.1, 0.15) is 11.5 Å². The molecule has 0 fully saturated rings. The molecule has 0 saturated heterocycles. The molecule has 0 aliphatic carbocycles. The topological polar surface area (TPSA) is 40.7 Å². The van der Waals surface area contributed by atoms with Crippen molar-refractivity contribution in [1.29, 1.82) is 0 Å². The van der Waals surface area contributed by atoms with E-state index in [1.54, 1.807) is 18.2 Å². The predicted octanol–water partition coefficient (Wildman–Crippen LogP) is 2.70. The average molecular weight is 284 g/mol. The Hall–Kier alpha value is -1.20. The summed E-state index contributed by atoms with van der Waals surface area (Å²) < 4.78 is 14.4. The molecule has 2 rings (SSSR count). The highest BCUT2D eigenvalue weighted by Gasteiger charge is 2.14. The first kappa shape index (κ1) is 11.3. The fourth-order valence-corrected chi connectivity index (χ4v) is 2.02. The van der Waals surface area contributed by atoms with Crippen molar-refractivity contribution in [2.24, 2.45) is 0 Å². The van der Waals surface area contributed by atoms with Crippen LogP contribution in [0.15, 0.2) is 28.7 Å². The van der Waals surface area contributed by atoms with Crippen LogP contribution >= 0.6 is 15.9 Å². The van der Waals surface area contributed by atoms with Gasteiger partial charge in [0.05, 0.1) is 10.2 Å². The summed E-state index contributed by atoms with van der Waals surface area (Å²) in [5.41, 5.74) is 2.00. The molecule has 0 atom stereocenters. The molecule has 2 N–H and O–H groups in total. The Morgan fingerprint density at radius 3 is 2.88 bits per heavy atom. The Morgan fingerprint density at radius 2 is 2.19 bits per heavy atom. The molecule has 0 radical (unpaired) electrons. The van der Waals surface area contributed by atoms with Gasteiger partial charge >= 0.3 is 0 Å². The van der Waals surface area contributed by atoms with Crippen molar-refractivity contribution in [3.63, 3.8) is 0 Å². The third kappa shape index (κ3) is 2.01. The van der Waals surface area contributed by atoms with Gasteiger partial charge in [-0.25, -0.2) is 4.39 Å². The Bertz CT molecular complexity index is 496. The van der Waals surface area contributed by atoms with E-state index >= 15 is 0 Å². The Balaban J connectivity index is 2.45. The maximum absolute atomic E-state index is 13.6. The van der Waals surface area contributed by atoms with Gasteiger partial charge in [0.15, 0.2) is 0 Å². The quantitative estimate of drug-likeness (QED) is 0.909. The van der Waals surface area contributed by atoms with Gasteiger partial charge < -0.3 is 5.32 Å². The standard InChI is InChI=1S/C11H11BrFN3/c1-14-6-9-10(12)11(16-15-9)7-4-2-3-5-8(7)13/h2-5,14H,6H2,1H3,(H,15,16). The van der Waals surface area contributed by atoms with Crippen molar-refractivity contribution in [3.05, 3.63) is 40.2 Å². The molecule has 84 valence electrons. The van der Waals surface area contributed by atoms with Crippen LogP contribution in [0.1, 0.15) is 5.69 Å². The van der Waals surface area contributed by atoms with Crippen LogP contribution in [0.3, 0.4) is 0 Å². The van der Waals surface area contributed by atoms with Crippen molar-refractivity contribution in [2.45, 2.75) is 6.54 Å². The van der Waals surface area contributed by atoms with E-state index in [4.69, 9.17) is 0 Å². The van der Waals surface area contributed by atoms with E-state index in [2.05, 4.69) is 31.4 Å². The van der Waals surface area contributed by atoms with Crippen LogP contribution in [-0.4, -0.2) is 17.2 Å². The minimum Gasteiger partial charge on any atom is -0.314 e. The molecule has 1 aromatic carbocycles. The van der Waals surface area contributed by atoms with Crippen LogP contribution in [0.5, 0.6) is 0 Å². The summed E-state index contributed by atoms with van der Waals surface area (Å²) in [4.78, 5) is 0. The normalized spacial score (nSPS) is 10.7. The first-order chi connectivity index (χ1) is 7.74. The first-order valence-electron chi connectivity index (χ1n) is 4.86. The van der Waals surface area contributed by atoms with Crippen molar-refractivity contribution >= 4 is 15.9 Å². The van der Waals surface area contributed by atoms with Crippen molar-refractivity contribution in [2.75, 3.05) is 7.05 Å². The lowest BCUT2D eigenvalue weighted by atomic mass is 10.1. The van der Waals surface area contributed by atoms with E-state index in [-0.39, 0.29) is 5.82 Å². The number of nitrogens with zero attached hydrogens (tertiary/aromatic N) is 1. The number of hydrogen-bond donors (Lipinski definition) is 2. The largest absolute Gasteiger partial charge is 0.314 e. The number of aromatic amines is 1. The van der Waals surface area contributed by atoms with Crippen LogP contribution < -0.4 is 5.32 Å². The molecule has 0 aliphatic heterocycles. The van der Waals surface area contributed by atoms with Gasteiger partial charge in [-0.15, -0.1) is 0 Å². The molecule has 2 aromatic rings. The van der Waals surface area contributed by atoms with Crippen molar-refractivity contribution in [3.8, 4) is 11.3 Å². The number of rotatable bonds is 3. The minimum atomic E-state index is -0.272. The number of benzene rings is 1. The molecule has 3 nitrogen and oxygen atoms in total. The number of hydrogen-bond acceptors (Lipinski definition) is 2. The maximum Gasteiger partial charge on any atom is 0.132 e. The first-order valence-corrected chi connectivity index (χ1v) is 5.65. The van der Waals surface area contributed by atoms with Crippen LogP contribution in [0, 0.1) is 5.82 Å². The summed E-state index contributed by atoms with van der Waals surface area (Å²) in [7, 11) is 1.84. The number of aromatic nitrogens is 2. The molecule has 1 aromatic heterocycles. The van der Waals surface area contributed by atoms with E-state index < -0.39 is 0 Å². The maximum atomic E-state index is 13.6. The molecule has 0 saturated carbocycles. The Labute approximate surface area is 101 Å². The highest BCUT2D eigenvalue weighted by atomic mass is 79.9. The lowest BCUT2D eigenvalue weighted by molar-refractivity contribution is 0.630. The van der Waals surface area contributed by atoms with Gasteiger partial charge in [-0.1, -0.05) is 12.1 Å². The second kappa shape index (κ2) is 4.76. The highest BCUT2D eigenvalue weighted by molar-refractivity contribution is 9.10. The van der Waals surface area contributed by atoms with Gasteiger partial charge in [0.25, 0.3) is 0 Å². The van der Waals surface area contributed by atoms with Gasteiger partial charge in [-0.05, 0) is 35.1 Å². The summed E-state index contributed by atoms with van der Waals surface area (Å²) in [5, 5.41) is 10.00. The molecule has 0 bridgehead atoms. The zero-order valence-electron chi connectivity index (χ0n) is 8.72. The van der Waals surface area contributed by atoms with Crippen molar-refractivity contribution < 1.29 is 4.39 Å². The smallest absolute Gasteiger partial charge is 0.132 e. The molecule has 0 amide bonds. The second-order valence-corrected chi connectivity index (χ2v) is 4.17. The van der Waals surface area contributed by atoms with Crippen LogP contribution in [0.4, 0.5) is 4.39 Å². The molecule has 1 heterocycles. The summed E-state index contributed by atoms with van der Waals surface area (Å²) in [6, 6.07) is 6.58. The molecule has 5 heteroatoms. The minimum absolute atomic E-state index is 0.272. The summed E-state index contributed by atoms with van der Waals surface area (Å²) >= 11 is 3.42. The van der Waals surface area contributed by atoms with Crippen LogP contribution in [0.25, 0.3) is 11.3 Å². The fraction of sp³-hybridized carbons (Fsp3) is 0.182. The number of nitrogens with one attached hydrogen (secondary N) is 2. The lowest BCUT2D eigenvalue weighted by Crippen LogP contribution is -2.05. The zero-order chi connectivity index (χ0) is 11.5. The molecule has 16 heavy (non-hydrogen) atoms. The average Bonchev–Trinajstić information content (AvgIpc) is 2.62. The van der Waals surface area contributed by atoms with E-state index in [9.17, 15) is 4.39 Å². The van der Waals surface area contributed by atoms with E-state index in [0.717, 1.165) is 10.2 Å². The van der Waals surface area contributed by atoms with Gasteiger partial charge in [0.2, 0.25) is 0 Å². The van der Waals surface area contributed by atoms with Gasteiger partial charge in [0, 0.05) is 12.1 Å². The summed E-state index contributed by atoms with van der Waals surface area (Å²) in [6.45, 7) is 0.655. The number of H-pyrrole nitrogens is 1. The third-order valence-electron chi connectivity index (χ3n) is 2.26. The Kier molecular flexibility index (Phi) is 3.36. The highest BCUT2D eigenvalue weighted by Crippen LogP contribution is 2.30. The van der Waals surface area contributed by atoms with E-state index in [0.29, 0.717) is 17.8 Å². The molecule has 0 unspecified atom stereocenters. The zero-order valence-corrected chi connectivity index (χ0v) is 10.3. The SMILES string of the molecule is CNCc1[nH]nc(-c2ccccc2F)c1Br. The molecule has 0 aliphatic rings. The molecular formula is C11H11BrFN3. The fourth-order valence-electron chi connectivity index (χ4n) is 1.49. The monoisotopic (exact) mass is 283 g/mol. The van der Waals surface area contributed by atoms with E-state index in [1.807, 2.05) is 7.05 Å². The van der Waals surface area contributed by atoms with Crippen molar-refractivity contribution in [1.82, 2.24) is 15.5 Å². The van der Waals surface area contributed by atoms with Crippen LogP contribution in [0.2, 0.25) is 0 Å². The van der Waals surface area contributed by atoms with Gasteiger partial charge in [-0.2, -0.15) is 5.10 Å². The van der Waals surface area contributed by atoms with E-state index in [1.165, 1.54) is 6.07 Å². The third-order valence-corrected chi connectivity index (χ3v) is 3.11. The van der Waals surface area contributed by atoms with Gasteiger partial charge in [-0.3, -0.25) is 5.10 Å². The molecule has 0 spiro atoms. The molecular weight excluding hydrogens is 273 g/mol. The second-order valence-electron chi connectivity index (χ2n) is 3.37. The lowest BCUT2D eigenvalue weighted by Gasteiger charge is -2.00. The predicted molar refractivity (Wildman–Crippen MR) is 64.4 cm³/mol. The summed E-state index contributed by atoms with van der Waals surface area (Å²) in [6.07, 6.45) is 0.